The molecule has 0 aliphatic carbocycles. The van der Waals surface area contributed by atoms with E-state index in [0.29, 0.717) is 53.9 Å². The first-order valence-electron chi connectivity index (χ1n) is 11.5. The summed E-state index contributed by atoms with van der Waals surface area (Å²) in [4.78, 5) is 12.6. The number of nitrogens with zero attached hydrogens (tertiary/aromatic N) is 1. The van der Waals surface area contributed by atoms with Crippen LogP contribution >= 0.6 is 0 Å². The summed E-state index contributed by atoms with van der Waals surface area (Å²) in [5.41, 5.74) is 4.43. The molecule has 0 unspecified atom stereocenters. The molecule has 0 radical (unpaired) electrons. The first-order valence-corrected chi connectivity index (χ1v) is 11.5. The van der Waals surface area contributed by atoms with Crippen LogP contribution in [-0.4, -0.2) is 31.9 Å². The molecule has 3 aromatic carbocycles. The summed E-state index contributed by atoms with van der Waals surface area (Å²) in [6.07, 6.45) is 3.14. The lowest BCUT2D eigenvalue weighted by Crippen LogP contribution is -2.17. The first-order chi connectivity index (χ1) is 17.5. The van der Waals surface area contributed by atoms with Crippen molar-refractivity contribution in [3.63, 3.8) is 0 Å². The van der Waals surface area contributed by atoms with Crippen molar-refractivity contribution in [3.05, 3.63) is 95.8 Å². The summed E-state index contributed by atoms with van der Waals surface area (Å²) in [7, 11) is 0. The van der Waals surface area contributed by atoms with E-state index >= 15 is 0 Å². The van der Waals surface area contributed by atoms with E-state index in [-0.39, 0.29) is 12.4 Å². The second kappa shape index (κ2) is 13.5. The molecule has 36 heavy (non-hydrogen) atoms. The summed E-state index contributed by atoms with van der Waals surface area (Å²) >= 11 is 0. The molecule has 0 atom stereocenters. The van der Waals surface area contributed by atoms with Crippen molar-refractivity contribution in [1.29, 1.82) is 0 Å². The van der Waals surface area contributed by atoms with Gasteiger partial charge in [-0.05, 0) is 73.5 Å². The lowest BCUT2D eigenvalue weighted by Gasteiger charge is -2.13. The molecule has 0 saturated carbocycles. The molecule has 0 bridgehead atoms. The maximum absolute atomic E-state index is 13.1. The average Bonchev–Trinajstić information content (AvgIpc) is 2.88. The van der Waals surface area contributed by atoms with Gasteiger partial charge >= 0.3 is 0 Å². The van der Waals surface area contributed by atoms with Crippen molar-refractivity contribution >= 4 is 12.1 Å². The van der Waals surface area contributed by atoms with Crippen LogP contribution in [0.4, 0.5) is 4.39 Å². The van der Waals surface area contributed by atoms with Gasteiger partial charge in [0.05, 0.1) is 19.4 Å². The first kappa shape index (κ1) is 26.3. The van der Waals surface area contributed by atoms with Crippen molar-refractivity contribution in [1.82, 2.24) is 5.43 Å². The number of nitrogens with one attached hydrogen (secondary N) is 1. The van der Waals surface area contributed by atoms with Crippen LogP contribution in [0.25, 0.3) is 0 Å². The Hall–Kier alpha value is -4.33. The Kier molecular flexibility index (Phi) is 9.88. The Morgan fingerprint density at radius 1 is 0.889 bits per heavy atom. The zero-order valence-corrected chi connectivity index (χ0v) is 20.3. The van der Waals surface area contributed by atoms with E-state index in [4.69, 9.17) is 18.9 Å². The molecule has 0 aliphatic heterocycles. The van der Waals surface area contributed by atoms with Crippen molar-refractivity contribution in [2.75, 3.05) is 19.8 Å². The van der Waals surface area contributed by atoms with Crippen LogP contribution in [0.2, 0.25) is 0 Å². The molecule has 1 N–H and O–H groups in total. The minimum Gasteiger partial charge on any atom is -0.490 e. The fourth-order valence-corrected chi connectivity index (χ4v) is 3.15. The molecule has 0 aliphatic rings. The highest BCUT2D eigenvalue weighted by atomic mass is 19.1. The Bertz CT molecular complexity index is 1200. The number of benzene rings is 3. The van der Waals surface area contributed by atoms with E-state index in [1.807, 2.05) is 13.8 Å². The zero-order chi connectivity index (χ0) is 25.8. The van der Waals surface area contributed by atoms with Gasteiger partial charge in [0.15, 0.2) is 23.0 Å². The Morgan fingerprint density at radius 3 is 2.25 bits per heavy atom. The zero-order valence-electron chi connectivity index (χ0n) is 20.3. The van der Waals surface area contributed by atoms with E-state index in [1.54, 1.807) is 54.6 Å². The standard InChI is InChI=1S/C28H29FN2O5/c1-4-15-35-24-14-10-22(17-27(24)34-6-3)28(32)31-30-18-21-9-13-25(26(16-21)33-5-2)36-19-20-7-11-23(29)12-8-20/h4,7-14,16-18H,1,5-6,15,19H2,2-3H3,(H,31,32)/b30-18+. The van der Waals surface area contributed by atoms with Crippen molar-refractivity contribution in [2.45, 2.75) is 20.5 Å². The molecule has 1 amide bonds. The normalized spacial score (nSPS) is 10.6. The average molecular weight is 493 g/mol. The van der Waals surface area contributed by atoms with Gasteiger partial charge in [-0.3, -0.25) is 4.79 Å². The molecule has 7 nitrogen and oxygen atoms in total. The van der Waals surface area contributed by atoms with Crippen LogP contribution < -0.4 is 24.4 Å². The van der Waals surface area contributed by atoms with E-state index < -0.39 is 5.91 Å². The van der Waals surface area contributed by atoms with Crippen LogP contribution in [0.5, 0.6) is 23.0 Å². The van der Waals surface area contributed by atoms with Gasteiger partial charge in [0.2, 0.25) is 0 Å². The van der Waals surface area contributed by atoms with E-state index in [2.05, 4.69) is 17.1 Å². The third-order valence-electron chi connectivity index (χ3n) is 4.82. The summed E-state index contributed by atoms with van der Waals surface area (Å²) in [6.45, 7) is 8.82. The van der Waals surface area contributed by atoms with Gasteiger partial charge in [0, 0.05) is 5.56 Å². The molecule has 188 valence electrons. The quantitative estimate of drug-likeness (QED) is 0.193. The van der Waals surface area contributed by atoms with Crippen LogP contribution in [0, 0.1) is 5.82 Å². The smallest absolute Gasteiger partial charge is 0.271 e. The lowest BCUT2D eigenvalue weighted by molar-refractivity contribution is 0.0954. The van der Waals surface area contributed by atoms with Crippen LogP contribution in [-0.2, 0) is 6.61 Å². The Labute approximate surface area is 210 Å². The molecule has 3 aromatic rings. The fourth-order valence-electron chi connectivity index (χ4n) is 3.15. The molecule has 0 saturated heterocycles. The summed E-state index contributed by atoms with van der Waals surface area (Å²) in [6, 6.07) is 16.3. The van der Waals surface area contributed by atoms with Crippen molar-refractivity contribution < 1.29 is 28.1 Å². The van der Waals surface area contributed by atoms with Gasteiger partial charge in [-0.15, -0.1) is 0 Å². The van der Waals surface area contributed by atoms with E-state index in [0.717, 1.165) is 5.56 Å². The predicted octanol–water partition coefficient (Wildman–Crippen LogP) is 5.53. The number of ether oxygens (including phenoxy) is 4. The highest BCUT2D eigenvalue weighted by molar-refractivity contribution is 5.95. The highest BCUT2D eigenvalue weighted by Gasteiger charge is 2.11. The maximum atomic E-state index is 13.1. The minimum absolute atomic E-state index is 0.269. The molecule has 0 heterocycles. The lowest BCUT2D eigenvalue weighted by atomic mass is 10.2. The second-order valence-corrected chi connectivity index (χ2v) is 7.45. The molecule has 3 rings (SSSR count). The number of carbonyl (C=O) groups is 1. The summed E-state index contributed by atoms with van der Waals surface area (Å²) in [5.74, 6) is 1.38. The number of carbonyl (C=O) groups excluding carboxylic acids is 1. The molecule has 0 spiro atoms. The Morgan fingerprint density at radius 2 is 1.56 bits per heavy atom. The molecular weight excluding hydrogens is 463 g/mol. The van der Waals surface area contributed by atoms with Gasteiger partial charge in [0.1, 0.15) is 19.0 Å². The second-order valence-electron chi connectivity index (χ2n) is 7.45. The number of hydrogen-bond acceptors (Lipinski definition) is 6. The highest BCUT2D eigenvalue weighted by Crippen LogP contribution is 2.30. The summed E-state index contributed by atoms with van der Waals surface area (Å²) < 4.78 is 35.8. The fraction of sp³-hybridized carbons (Fsp3) is 0.214. The van der Waals surface area contributed by atoms with E-state index in [9.17, 15) is 9.18 Å². The number of rotatable bonds is 13. The third-order valence-corrected chi connectivity index (χ3v) is 4.82. The van der Waals surface area contributed by atoms with Gasteiger partial charge < -0.3 is 18.9 Å². The topological polar surface area (TPSA) is 78.4 Å². The van der Waals surface area contributed by atoms with Crippen molar-refractivity contribution in [2.24, 2.45) is 5.10 Å². The number of hydrazone groups is 1. The van der Waals surface area contributed by atoms with Gasteiger partial charge in [-0.1, -0.05) is 24.8 Å². The molecule has 0 fully saturated rings. The summed E-state index contributed by atoms with van der Waals surface area (Å²) in [5, 5.41) is 4.06. The van der Waals surface area contributed by atoms with Gasteiger partial charge in [-0.2, -0.15) is 5.10 Å². The SMILES string of the molecule is C=CCOc1ccc(C(=O)N/N=C/c2ccc(OCc3ccc(F)cc3)c(OCC)c2)cc1OCC. The van der Waals surface area contributed by atoms with Crippen LogP contribution in [0.1, 0.15) is 35.3 Å². The number of amides is 1. The number of halogens is 1. The molecular formula is C28H29FN2O5. The number of hydrogen-bond donors (Lipinski definition) is 1. The van der Waals surface area contributed by atoms with Gasteiger partial charge in [-0.25, -0.2) is 9.82 Å². The largest absolute Gasteiger partial charge is 0.490 e. The molecule has 8 heteroatoms. The van der Waals surface area contributed by atoms with Crippen LogP contribution in [0.15, 0.2) is 78.4 Å². The van der Waals surface area contributed by atoms with Crippen LogP contribution in [0.3, 0.4) is 0 Å². The predicted molar refractivity (Wildman–Crippen MR) is 137 cm³/mol. The van der Waals surface area contributed by atoms with E-state index in [1.165, 1.54) is 18.3 Å². The van der Waals surface area contributed by atoms with Crippen molar-refractivity contribution in [3.8, 4) is 23.0 Å². The molecule has 0 aromatic heterocycles. The maximum Gasteiger partial charge on any atom is 0.271 e. The minimum atomic E-state index is -0.397. The Balaban J connectivity index is 1.65. The monoisotopic (exact) mass is 492 g/mol. The third kappa shape index (κ3) is 7.59. The van der Waals surface area contributed by atoms with Gasteiger partial charge in [0.25, 0.3) is 5.91 Å².